The number of halogens is 1. The molecule has 150 valence electrons. The van der Waals surface area contributed by atoms with Crippen LogP contribution in [0.25, 0.3) is 0 Å². The zero-order chi connectivity index (χ0) is 20.7. The van der Waals surface area contributed by atoms with Crippen LogP contribution in [-0.4, -0.2) is 37.7 Å². The van der Waals surface area contributed by atoms with Crippen molar-refractivity contribution in [1.29, 1.82) is 0 Å². The molecule has 9 heteroatoms. The topological polar surface area (TPSA) is 99.9 Å². The normalized spacial score (nSPS) is 11.4. The Morgan fingerprint density at radius 2 is 1.79 bits per heavy atom. The molecule has 2 rings (SSSR count). The van der Waals surface area contributed by atoms with E-state index in [9.17, 15) is 14.9 Å². The van der Waals surface area contributed by atoms with Crippen LogP contribution < -0.4 is 19.5 Å². The lowest BCUT2D eigenvalue weighted by Crippen LogP contribution is -2.37. The van der Waals surface area contributed by atoms with Gasteiger partial charge in [0.25, 0.3) is 11.6 Å². The number of carbonyl (C=O) groups excluding carboxylic acids is 1. The summed E-state index contributed by atoms with van der Waals surface area (Å²) in [5.74, 6) is 0.835. The van der Waals surface area contributed by atoms with E-state index in [0.29, 0.717) is 22.1 Å². The Hall–Kier alpha value is -3.00. The molecule has 0 aliphatic heterocycles. The van der Waals surface area contributed by atoms with Gasteiger partial charge in [0.2, 0.25) is 0 Å². The van der Waals surface area contributed by atoms with Crippen LogP contribution in [0, 0.1) is 10.1 Å². The van der Waals surface area contributed by atoms with E-state index in [1.807, 2.05) is 0 Å². The van der Waals surface area contributed by atoms with Gasteiger partial charge in [0.15, 0.2) is 17.6 Å². The number of nitrogens with zero attached hydrogens (tertiary/aromatic N) is 1. The molecular weight excluding hydrogens is 388 g/mol. The van der Waals surface area contributed by atoms with Crippen LogP contribution in [0.4, 0.5) is 5.69 Å². The van der Waals surface area contributed by atoms with Gasteiger partial charge in [-0.3, -0.25) is 14.9 Å². The third-order valence-corrected chi connectivity index (χ3v) is 4.22. The van der Waals surface area contributed by atoms with Gasteiger partial charge in [0.1, 0.15) is 5.75 Å². The molecule has 0 bridgehead atoms. The maximum atomic E-state index is 12.2. The van der Waals surface area contributed by atoms with Gasteiger partial charge in [0.05, 0.1) is 25.2 Å². The summed E-state index contributed by atoms with van der Waals surface area (Å²) in [6.45, 7) is 1.81. The minimum atomic E-state index is -0.735. The van der Waals surface area contributed by atoms with Crippen molar-refractivity contribution in [3.8, 4) is 17.2 Å². The molecule has 1 unspecified atom stereocenters. The zero-order valence-corrected chi connectivity index (χ0v) is 16.5. The molecule has 0 heterocycles. The highest BCUT2D eigenvalue weighted by Gasteiger charge is 2.20. The molecule has 0 aliphatic carbocycles. The lowest BCUT2D eigenvalue weighted by atomic mass is 10.1. The second-order valence-corrected chi connectivity index (χ2v) is 6.28. The zero-order valence-electron chi connectivity index (χ0n) is 15.7. The van der Waals surface area contributed by atoms with Crippen molar-refractivity contribution in [3.05, 3.63) is 57.1 Å². The molecule has 28 heavy (non-hydrogen) atoms. The van der Waals surface area contributed by atoms with Gasteiger partial charge in [0, 0.05) is 17.1 Å². The van der Waals surface area contributed by atoms with E-state index in [4.69, 9.17) is 25.8 Å². The third-order valence-electron chi connectivity index (χ3n) is 3.97. The molecule has 1 amide bonds. The first-order valence-corrected chi connectivity index (χ1v) is 8.82. The summed E-state index contributed by atoms with van der Waals surface area (Å²) in [4.78, 5) is 23.0. The first-order valence-electron chi connectivity index (χ1n) is 8.45. The number of nitro groups is 1. The Morgan fingerprint density at radius 3 is 2.36 bits per heavy atom. The molecule has 0 fully saturated rings. The third kappa shape index (κ3) is 5.50. The number of carbonyl (C=O) groups is 1. The second-order valence-electron chi connectivity index (χ2n) is 5.85. The summed E-state index contributed by atoms with van der Waals surface area (Å²) >= 11 is 5.81. The molecule has 0 saturated carbocycles. The van der Waals surface area contributed by atoms with E-state index in [1.54, 1.807) is 31.2 Å². The predicted octanol–water partition coefficient (Wildman–Crippen LogP) is 3.39. The molecule has 8 nitrogen and oxygen atoms in total. The Kier molecular flexibility index (Phi) is 7.45. The quantitative estimate of drug-likeness (QED) is 0.504. The molecule has 1 N–H and O–H groups in total. The van der Waals surface area contributed by atoms with E-state index >= 15 is 0 Å². The maximum Gasteiger partial charge on any atom is 0.276 e. The minimum absolute atomic E-state index is 0.0997. The number of nitrogens with one attached hydrogen (secondary N) is 1. The van der Waals surface area contributed by atoms with Gasteiger partial charge < -0.3 is 19.5 Å². The highest BCUT2D eigenvalue weighted by atomic mass is 35.5. The van der Waals surface area contributed by atoms with Gasteiger partial charge in [-0.25, -0.2) is 0 Å². The van der Waals surface area contributed by atoms with E-state index in [-0.39, 0.29) is 30.3 Å². The van der Waals surface area contributed by atoms with Crippen molar-refractivity contribution in [2.24, 2.45) is 0 Å². The van der Waals surface area contributed by atoms with Crippen LogP contribution in [0.5, 0.6) is 17.2 Å². The number of rotatable bonds is 9. The monoisotopic (exact) mass is 408 g/mol. The standard InChI is InChI=1S/C19H21ClN2O6/c1-12(28-15-6-4-14(20)5-7-15)19(23)21-9-8-13-10-17(26-2)18(27-3)11-16(13)22(24)25/h4-7,10-12H,8-9H2,1-3H3,(H,21,23). The number of hydrogen-bond acceptors (Lipinski definition) is 6. The van der Waals surface area contributed by atoms with Crippen LogP contribution in [-0.2, 0) is 11.2 Å². The number of ether oxygens (including phenoxy) is 3. The molecule has 2 aromatic carbocycles. The summed E-state index contributed by atoms with van der Waals surface area (Å²) in [5, 5.41) is 14.6. The minimum Gasteiger partial charge on any atom is -0.493 e. The first kappa shape index (κ1) is 21.3. The summed E-state index contributed by atoms with van der Waals surface area (Å²) in [6.07, 6.45) is -0.489. The number of nitro benzene ring substituents is 1. The molecule has 0 radical (unpaired) electrons. The second kappa shape index (κ2) is 9.80. The summed E-state index contributed by atoms with van der Waals surface area (Å²) in [7, 11) is 2.86. The maximum absolute atomic E-state index is 12.2. The Balaban J connectivity index is 1.98. The van der Waals surface area contributed by atoms with Crippen LogP contribution in [0.1, 0.15) is 12.5 Å². The summed E-state index contributed by atoms with van der Waals surface area (Å²) in [6, 6.07) is 9.51. The fourth-order valence-corrected chi connectivity index (χ4v) is 2.64. The van der Waals surface area contributed by atoms with Crippen molar-refractivity contribution in [3.63, 3.8) is 0 Å². The van der Waals surface area contributed by atoms with Crippen molar-refractivity contribution < 1.29 is 23.9 Å². The van der Waals surface area contributed by atoms with Gasteiger partial charge in [-0.05, 0) is 43.7 Å². The van der Waals surface area contributed by atoms with Gasteiger partial charge in [-0.1, -0.05) is 11.6 Å². The van der Waals surface area contributed by atoms with Gasteiger partial charge in [-0.2, -0.15) is 0 Å². The lowest BCUT2D eigenvalue weighted by molar-refractivity contribution is -0.385. The molecule has 1 atom stereocenters. The van der Waals surface area contributed by atoms with E-state index in [0.717, 1.165) is 0 Å². The van der Waals surface area contributed by atoms with E-state index in [1.165, 1.54) is 26.4 Å². The SMILES string of the molecule is COc1cc(CCNC(=O)C(C)Oc2ccc(Cl)cc2)c([N+](=O)[O-])cc1OC. The Bertz CT molecular complexity index is 841. The van der Waals surface area contributed by atoms with E-state index in [2.05, 4.69) is 5.32 Å². The Morgan fingerprint density at radius 1 is 1.18 bits per heavy atom. The number of methoxy groups -OCH3 is 2. The molecular formula is C19H21ClN2O6. The van der Waals surface area contributed by atoms with Gasteiger partial charge in [-0.15, -0.1) is 0 Å². The molecule has 0 saturated heterocycles. The lowest BCUT2D eigenvalue weighted by Gasteiger charge is -2.15. The van der Waals surface area contributed by atoms with Crippen molar-refractivity contribution >= 4 is 23.2 Å². The first-order chi connectivity index (χ1) is 13.3. The highest BCUT2D eigenvalue weighted by Crippen LogP contribution is 2.34. The number of hydrogen-bond donors (Lipinski definition) is 1. The van der Waals surface area contributed by atoms with Crippen molar-refractivity contribution in [2.75, 3.05) is 20.8 Å². The summed E-state index contributed by atoms with van der Waals surface area (Å²) < 4.78 is 15.8. The largest absolute Gasteiger partial charge is 0.493 e. The fraction of sp³-hybridized carbons (Fsp3) is 0.316. The number of amides is 1. The number of benzene rings is 2. The average molecular weight is 409 g/mol. The molecule has 0 aromatic heterocycles. The average Bonchev–Trinajstić information content (AvgIpc) is 2.68. The van der Waals surface area contributed by atoms with Crippen LogP contribution in [0.15, 0.2) is 36.4 Å². The highest BCUT2D eigenvalue weighted by molar-refractivity contribution is 6.30. The molecule has 0 aliphatic rings. The van der Waals surface area contributed by atoms with Crippen LogP contribution in [0.2, 0.25) is 5.02 Å². The van der Waals surface area contributed by atoms with E-state index < -0.39 is 11.0 Å². The van der Waals surface area contributed by atoms with Crippen molar-refractivity contribution in [1.82, 2.24) is 5.32 Å². The molecule has 2 aromatic rings. The van der Waals surface area contributed by atoms with Crippen LogP contribution in [0.3, 0.4) is 0 Å². The summed E-state index contributed by atoms with van der Waals surface area (Å²) in [5.41, 5.74) is 0.326. The van der Waals surface area contributed by atoms with Crippen LogP contribution >= 0.6 is 11.6 Å². The smallest absolute Gasteiger partial charge is 0.276 e. The van der Waals surface area contributed by atoms with Gasteiger partial charge >= 0.3 is 0 Å². The predicted molar refractivity (Wildman–Crippen MR) is 104 cm³/mol. The Labute approximate surface area is 167 Å². The fourth-order valence-electron chi connectivity index (χ4n) is 2.52. The van der Waals surface area contributed by atoms with Crippen molar-refractivity contribution in [2.45, 2.75) is 19.4 Å². The molecule has 0 spiro atoms.